The minimum absolute atomic E-state index is 0.0974. The highest BCUT2D eigenvalue weighted by Gasteiger charge is 2.31. The normalized spacial score (nSPS) is 15.5. The number of piperidine rings is 1. The van der Waals surface area contributed by atoms with Crippen LogP contribution in [0.4, 0.5) is 15.0 Å². The highest BCUT2D eigenvalue weighted by molar-refractivity contribution is 5.98. The summed E-state index contributed by atoms with van der Waals surface area (Å²) < 4.78 is 26.5. The van der Waals surface area contributed by atoms with Crippen molar-refractivity contribution in [1.82, 2.24) is 30.0 Å². The maximum absolute atomic E-state index is 14.0. The summed E-state index contributed by atoms with van der Waals surface area (Å²) in [6.07, 6.45) is 2.67. The number of hydrogen-bond acceptors (Lipinski definition) is 8. The fourth-order valence-electron chi connectivity index (χ4n) is 5.05. The number of likely N-dealkylation sites (tertiary alicyclic amines) is 1. The van der Waals surface area contributed by atoms with E-state index < -0.39 is 17.3 Å². The third kappa shape index (κ3) is 5.97. The van der Waals surface area contributed by atoms with Gasteiger partial charge in [-0.15, -0.1) is 0 Å². The van der Waals surface area contributed by atoms with Crippen molar-refractivity contribution in [2.45, 2.75) is 51.8 Å². The van der Waals surface area contributed by atoms with Gasteiger partial charge in [-0.1, -0.05) is 30.3 Å². The molecule has 0 saturated carbocycles. The number of anilines is 1. The molecule has 2 amide bonds. The van der Waals surface area contributed by atoms with Gasteiger partial charge in [-0.05, 0) is 51.3 Å². The van der Waals surface area contributed by atoms with Crippen molar-refractivity contribution in [1.29, 1.82) is 0 Å². The summed E-state index contributed by atoms with van der Waals surface area (Å²) in [5.74, 6) is -0.838. The van der Waals surface area contributed by atoms with E-state index in [1.54, 1.807) is 4.90 Å². The Bertz CT molecular complexity index is 1610. The van der Waals surface area contributed by atoms with Gasteiger partial charge in [0.25, 0.3) is 5.91 Å². The number of para-hydroxylation sites is 1. The zero-order valence-electron chi connectivity index (χ0n) is 24.1. The Balaban J connectivity index is 1.37. The van der Waals surface area contributed by atoms with E-state index in [0.717, 1.165) is 24.0 Å². The smallest absolute Gasteiger partial charge is 0.410 e. The molecule has 0 aliphatic carbocycles. The predicted octanol–water partition coefficient (Wildman–Crippen LogP) is 4.73. The van der Waals surface area contributed by atoms with E-state index in [9.17, 15) is 14.0 Å². The Morgan fingerprint density at radius 2 is 1.90 bits per heavy atom. The monoisotopic (exact) mass is 575 g/mol. The summed E-state index contributed by atoms with van der Waals surface area (Å²) in [5, 5.41) is 8.35. The summed E-state index contributed by atoms with van der Waals surface area (Å²) in [5.41, 5.74) is 8.68. The van der Waals surface area contributed by atoms with Crippen LogP contribution in [0.15, 0.2) is 48.8 Å². The second-order valence-corrected chi connectivity index (χ2v) is 11.2. The quantitative estimate of drug-likeness (QED) is 0.337. The Morgan fingerprint density at radius 3 is 2.62 bits per heavy atom. The molecule has 5 rings (SSSR count). The Kier molecular flexibility index (Phi) is 7.97. The fourth-order valence-corrected chi connectivity index (χ4v) is 5.05. The van der Waals surface area contributed by atoms with Crippen LogP contribution in [0.25, 0.3) is 22.3 Å². The summed E-state index contributed by atoms with van der Waals surface area (Å²) in [7, 11) is 1.32. The van der Waals surface area contributed by atoms with Crippen molar-refractivity contribution in [2.75, 3.05) is 25.9 Å². The molecule has 1 fully saturated rings. The molecule has 3 N–H and O–H groups in total. The average Bonchev–Trinajstić information content (AvgIpc) is 3.36. The van der Waals surface area contributed by atoms with E-state index in [4.69, 9.17) is 20.3 Å². The predicted molar refractivity (Wildman–Crippen MR) is 155 cm³/mol. The number of nitrogens with two attached hydrogens (primary N) is 1. The number of fused-ring (bicyclic) bond motifs is 1. The molecule has 0 unspecified atom stereocenters. The molecule has 1 aliphatic rings. The van der Waals surface area contributed by atoms with Gasteiger partial charge in [0.05, 0.1) is 24.1 Å². The highest BCUT2D eigenvalue weighted by atomic mass is 19.1. The summed E-state index contributed by atoms with van der Waals surface area (Å²) >= 11 is 0. The van der Waals surface area contributed by atoms with Crippen LogP contribution >= 0.6 is 0 Å². The maximum atomic E-state index is 14.0. The number of aromatic nitrogens is 4. The van der Waals surface area contributed by atoms with Gasteiger partial charge in [-0.2, -0.15) is 5.10 Å². The van der Waals surface area contributed by atoms with Crippen molar-refractivity contribution in [3.05, 3.63) is 65.7 Å². The fraction of sp³-hybridized carbons (Fsp3) is 0.367. The molecular weight excluding hydrogens is 541 g/mol. The first kappa shape index (κ1) is 28.8. The van der Waals surface area contributed by atoms with Gasteiger partial charge in [0.2, 0.25) is 0 Å². The zero-order chi connectivity index (χ0) is 30.0. The Hall–Kier alpha value is -4.74. The van der Waals surface area contributed by atoms with E-state index in [-0.39, 0.29) is 30.0 Å². The second kappa shape index (κ2) is 11.6. The molecule has 0 bridgehead atoms. The van der Waals surface area contributed by atoms with E-state index in [0.29, 0.717) is 35.6 Å². The lowest BCUT2D eigenvalue weighted by Crippen LogP contribution is -2.43. The third-order valence-electron chi connectivity index (χ3n) is 7.01. The lowest BCUT2D eigenvalue weighted by Gasteiger charge is -2.34. The van der Waals surface area contributed by atoms with Gasteiger partial charge >= 0.3 is 6.09 Å². The average molecular weight is 576 g/mol. The third-order valence-corrected chi connectivity index (χ3v) is 7.01. The molecule has 1 aliphatic heterocycles. The van der Waals surface area contributed by atoms with Crippen LogP contribution in [0.3, 0.4) is 0 Å². The van der Waals surface area contributed by atoms with E-state index in [2.05, 4.69) is 15.3 Å². The second-order valence-electron chi connectivity index (χ2n) is 11.2. The van der Waals surface area contributed by atoms with Gasteiger partial charge in [0.1, 0.15) is 23.4 Å². The minimum atomic E-state index is -0.602. The number of halogens is 1. The topological polar surface area (TPSA) is 137 Å². The van der Waals surface area contributed by atoms with Crippen molar-refractivity contribution >= 4 is 28.9 Å². The van der Waals surface area contributed by atoms with Crippen LogP contribution in [0, 0.1) is 5.82 Å². The lowest BCUT2D eigenvalue weighted by molar-refractivity contribution is 0.0169. The lowest BCUT2D eigenvalue weighted by atomic mass is 10.1. The number of carbonyl (C=O) groups is 2. The number of nitrogens with zero attached hydrogens (tertiary/aromatic N) is 5. The van der Waals surface area contributed by atoms with Crippen LogP contribution in [-0.2, 0) is 11.3 Å². The molecule has 2 aromatic heterocycles. The molecule has 3 heterocycles. The van der Waals surface area contributed by atoms with Gasteiger partial charge < -0.3 is 25.4 Å². The molecular formula is C30H34FN7O4. The van der Waals surface area contributed by atoms with Gasteiger partial charge in [0.15, 0.2) is 17.2 Å². The van der Waals surface area contributed by atoms with Crippen LogP contribution in [0.5, 0.6) is 5.75 Å². The van der Waals surface area contributed by atoms with E-state index in [1.165, 1.54) is 31.6 Å². The minimum Gasteiger partial charge on any atom is -0.493 e. The molecule has 42 heavy (non-hydrogen) atoms. The summed E-state index contributed by atoms with van der Waals surface area (Å²) in [6, 6.07) is 11.6. The standard InChI is InChI=1S/C30H34FN7O4/c1-30(2,3)42-29(40)37-14-6-7-20(16-37)38-27-23(26(32)34-17-35-27)24(36-38)19-12-10-18(11-13-19)15-33-28(39)21-8-5-9-22(31)25(21)41-4/h5,8-13,17,20H,6-7,14-16H2,1-4H3,(H,33,39)(H2,32,34,35)/t20-/m1/s1. The van der Waals surface area contributed by atoms with Crippen LogP contribution in [0.1, 0.15) is 55.6 Å². The number of amides is 2. The van der Waals surface area contributed by atoms with Crippen molar-refractivity contribution in [3.8, 4) is 17.0 Å². The molecule has 1 saturated heterocycles. The molecule has 220 valence electrons. The van der Waals surface area contributed by atoms with Crippen molar-refractivity contribution in [3.63, 3.8) is 0 Å². The number of benzene rings is 2. The first-order valence-corrected chi connectivity index (χ1v) is 13.7. The first-order chi connectivity index (χ1) is 20.1. The number of ether oxygens (including phenoxy) is 2. The number of methoxy groups -OCH3 is 1. The SMILES string of the molecule is COc1c(F)cccc1C(=O)NCc1ccc(-c2nn([C@@H]3CCCN(C(=O)OC(C)(C)C)C3)c3ncnc(N)c23)cc1. The van der Waals surface area contributed by atoms with Crippen LogP contribution < -0.4 is 15.8 Å². The van der Waals surface area contributed by atoms with Crippen LogP contribution in [0.2, 0.25) is 0 Å². The summed E-state index contributed by atoms with van der Waals surface area (Å²) in [4.78, 5) is 35.8. The van der Waals surface area contributed by atoms with E-state index in [1.807, 2.05) is 49.7 Å². The molecule has 4 aromatic rings. The van der Waals surface area contributed by atoms with Gasteiger partial charge in [-0.25, -0.2) is 23.8 Å². The van der Waals surface area contributed by atoms with Gasteiger partial charge in [-0.3, -0.25) is 4.79 Å². The Labute approximate surface area is 242 Å². The number of hydrogen-bond donors (Lipinski definition) is 2. The van der Waals surface area contributed by atoms with E-state index >= 15 is 0 Å². The summed E-state index contributed by atoms with van der Waals surface area (Å²) in [6.45, 7) is 6.81. The number of nitrogen functional groups attached to an aromatic ring is 1. The number of nitrogens with one attached hydrogen (secondary N) is 1. The largest absolute Gasteiger partial charge is 0.493 e. The molecule has 0 spiro atoms. The van der Waals surface area contributed by atoms with Crippen LogP contribution in [-0.4, -0.2) is 62.4 Å². The molecule has 1 atom stereocenters. The maximum Gasteiger partial charge on any atom is 0.410 e. The Morgan fingerprint density at radius 1 is 1.14 bits per heavy atom. The number of rotatable bonds is 6. The molecule has 11 nitrogen and oxygen atoms in total. The van der Waals surface area contributed by atoms with Crippen molar-refractivity contribution in [2.24, 2.45) is 0 Å². The van der Waals surface area contributed by atoms with Crippen molar-refractivity contribution < 1.29 is 23.5 Å². The van der Waals surface area contributed by atoms with Gasteiger partial charge in [0, 0.05) is 25.2 Å². The molecule has 12 heteroatoms. The molecule has 0 radical (unpaired) electrons. The first-order valence-electron chi connectivity index (χ1n) is 13.7. The highest BCUT2D eigenvalue weighted by Crippen LogP contribution is 2.34. The zero-order valence-corrected chi connectivity index (χ0v) is 24.1. The molecule has 2 aromatic carbocycles. The number of carbonyl (C=O) groups excluding carboxylic acids is 2.